The minimum atomic E-state index is -0.363. The lowest BCUT2D eigenvalue weighted by Gasteiger charge is -2.31. The molecule has 0 aliphatic carbocycles. The molecule has 5 rings (SSSR count). The number of ether oxygens (including phenoxy) is 3. The molecule has 214 valence electrons. The maximum atomic E-state index is 13.1. The van der Waals surface area contributed by atoms with Crippen molar-refractivity contribution in [1.29, 1.82) is 0 Å². The third-order valence-electron chi connectivity index (χ3n) is 6.92. The van der Waals surface area contributed by atoms with Crippen LogP contribution in [-0.2, 0) is 20.9 Å². The average Bonchev–Trinajstić information content (AvgIpc) is 3.46. The van der Waals surface area contributed by atoms with E-state index in [1.165, 1.54) is 4.90 Å². The zero-order valence-corrected chi connectivity index (χ0v) is 23.2. The van der Waals surface area contributed by atoms with Crippen molar-refractivity contribution in [3.63, 3.8) is 0 Å². The molecule has 10 nitrogen and oxygen atoms in total. The van der Waals surface area contributed by atoms with Crippen LogP contribution >= 0.6 is 11.6 Å². The molecule has 3 heterocycles. The van der Waals surface area contributed by atoms with E-state index in [-0.39, 0.29) is 61.5 Å². The lowest BCUT2D eigenvalue weighted by atomic mass is 9.98. The highest BCUT2D eigenvalue weighted by Gasteiger charge is 2.32. The summed E-state index contributed by atoms with van der Waals surface area (Å²) in [5, 5.41) is 0.560. The van der Waals surface area contributed by atoms with E-state index in [4.69, 9.17) is 30.2 Å². The molecule has 1 atom stereocenters. The van der Waals surface area contributed by atoms with E-state index in [1.807, 2.05) is 0 Å². The molecule has 0 radical (unpaired) electrons. The number of amides is 2. The number of fused-ring (bicyclic) bond motifs is 1. The van der Waals surface area contributed by atoms with Gasteiger partial charge in [-0.1, -0.05) is 11.6 Å². The molecule has 2 aromatic carbocycles. The Hall–Kier alpha value is -4.31. The number of nitrogens with zero attached hydrogens (tertiary/aromatic N) is 2. The van der Waals surface area contributed by atoms with Gasteiger partial charge >= 0.3 is 5.97 Å². The number of piperidine rings is 1. The lowest BCUT2D eigenvalue weighted by molar-refractivity contribution is -0.149. The number of carbonyl (C=O) groups is 4. The van der Waals surface area contributed by atoms with Gasteiger partial charge < -0.3 is 23.5 Å². The minimum absolute atomic E-state index is 0.0346. The second-order valence-electron chi connectivity index (χ2n) is 9.73. The molecule has 2 amide bonds. The summed E-state index contributed by atoms with van der Waals surface area (Å²) in [5.74, 6) is -0.142. The molecule has 0 bridgehead atoms. The van der Waals surface area contributed by atoms with Crippen molar-refractivity contribution in [2.45, 2.75) is 26.3 Å². The fourth-order valence-electron chi connectivity index (χ4n) is 4.82. The van der Waals surface area contributed by atoms with Crippen molar-refractivity contribution < 1.29 is 37.8 Å². The summed E-state index contributed by atoms with van der Waals surface area (Å²) < 4.78 is 22.1. The van der Waals surface area contributed by atoms with Crippen molar-refractivity contribution in [3.8, 4) is 11.5 Å². The van der Waals surface area contributed by atoms with E-state index in [2.05, 4.69) is 0 Å². The number of benzene rings is 2. The van der Waals surface area contributed by atoms with Crippen LogP contribution in [0.5, 0.6) is 11.5 Å². The monoisotopic (exact) mass is 580 g/mol. The van der Waals surface area contributed by atoms with Crippen LogP contribution in [0.4, 0.5) is 5.69 Å². The predicted molar refractivity (Wildman–Crippen MR) is 148 cm³/mol. The van der Waals surface area contributed by atoms with Crippen LogP contribution < -0.4 is 14.4 Å². The van der Waals surface area contributed by atoms with E-state index in [1.54, 1.807) is 66.4 Å². The Morgan fingerprint density at radius 1 is 1.07 bits per heavy atom. The Morgan fingerprint density at radius 2 is 1.88 bits per heavy atom. The number of esters is 1. The highest BCUT2D eigenvalue weighted by Crippen LogP contribution is 2.34. The fourth-order valence-corrected chi connectivity index (χ4v) is 4.94. The van der Waals surface area contributed by atoms with Gasteiger partial charge in [0.15, 0.2) is 24.8 Å². The molecule has 41 heavy (non-hydrogen) atoms. The largest absolute Gasteiger partial charge is 0.485 e. The molecule has 0 N–H and O–H groups in total. The smallest absolute Gasteiger partial charge is 0.310 e. The summed E-state index contributed by atoms with van der Waals surface area (Å²) in [7, 11) is 0. The van der Waals surface area contributed by atoms with Crippen molar-refractivity contribution in [3.05, 3.63) is 76.7 Å². The summed E-state index contributed by atoms with van der Waals surface area (Å²) in [6, 6.07) is 14.7. The summed E-state index contributed by atoms with van der Waals surface area (Å²) in [6.45, 7) is 2.48. The van der Waals surface area contributed by atoms with Gasteiger partial charge in [-0.2, -0.15) is 0 Å². The Kier molecular flexibility index (Phi) is 8.58. The van der Waals surface area contributed by atoms with Crippen LogP contribution in [0.3, 0.4) is 0 Å². The second-order valence-corrected chi connectivity index (χ2v) is 10.2. The van der Waals surface area contributed by atoms with Gasteiger partial charge in [0.2, 0.25) is 0 Å². The molecule has 1 aromatic heterocycles. The summed E-state index contributed by atoms with van der Waals surface area (Å²) in [4.78, 5) is 54.0. The summed E-state index contributed by atoms with van der Waals surface area (Å²) >= 11 is 5.89. The van der Waals surface area contributed by atoms with E-state index in [0.717, 1.165) is 0 Å². The molecule has 1 unspecified atom stereocenters. The highest BCUT2D eigenvalue weighted by atomic mass is 35.5. The molecule has 2 aliphatic rings. The molecular weight excluding hydrogens is 552 g/mol. The Labute approximate surface area is 241 Å². The molecule has 0 spiro atoms. The predicted octanol–water partition coefficient (Wildman–Crippen LogP) is 4.54. The number of halogens is 1. The minimum Gasteiger partial charge on any atom is -0.485 e. The summed E-state index contributed by atoms with van der Waals surface area (Å²) in [5.41, 5.74) is 0.758. The first-order chi connectivity index (χ1) is 19.8. The van der Waals surface area contributed by atoms with E-state index in [0.29, 0.717) is 59.5 Å². The number of hydrogen-bond donors (Lipinski definition) is 0. The number of carbonyl (C=O) groups excluding carboxylic acids is 4. The Morgan fingerprint density at radius 3 is 2.66 bits per heavy atom. The first kappa shape index (κ1) is 28.2. The van der Waals surface area contributed by atoms with Crippen LogP contribution in [0.25, 0.3) is 0 Å². The SMILES string of the molecule is CCOC(=O)C1CCCN(C(=O)c2ccc(CN3C(=O)COc4ccc(C(=O)COc5ccc(Cl)cc5)cc43)o2)C1. The van der Waals surface area contributed by atoms with Crippen LogP contribution in [0.15, 0.2) is 59.0 Å². The lowest BCUT2D eigenvalue weighted by Crippen LogP contribution is -2.42. The average molecular weight is 581 g/mol. The standard InChI is InChI=1S/C30H29ClN2O8/c1-2-38-30(37)20-4-3-13-32(15-20)29(36)27-12-10-23(41-27)16-33-24-14-19(5-11-26(24)40-18-28(33)35)25(34)17-39-22-8-6-21(31)7-9-22/h5-12,14,20H,2-4,13,15-18H2,1H3. The fraction of sp³-hybridized carbons (Fsp3) is 0.333. The Bertz CT molecular complexity index is 1450. The van der Waals surface area contributed by atoms with Crippen LogP contribution in [0.1, 0.15) is 46.4 Å². The Balaban J connectivity index is 1.27. The van der Waals surface area contributed by atoms with Gasteiger partial charge in [-0.3, -0.25) is 24.1 Å². The molecule has 1 fully saturated rings. The van der Waals surface area contributed by atoms with Crippen LogP contribution in [-0.4, -0.2) is 61.4 Å². The van der Waals surface area contributed by atoms with Crippen molar-refractivity contribution in [1.82, 2.24) is 4.90 Å². The third-order valence-corrected chi connectivity index (χ3v) is 7.17. The van der Waals surface area contributed by atoms with Gasteiger partial charge in [0.1, 0.15) is 17.3 Å². The van der Waals surface area contributed by atoms with E-state index in [9.17, 15) is 19.2 Å². The number of ketones is 1. The normalized spacial score (nSPS) is 16.5. The van der Waals surface area contributed by atoms with Gasteiger partial charge in [0, 0.05) is 23.7 Å². The molecule has 11 heteroatoms. The number of furan rings is 1. The van der Waals surface area contributed by atoms with E-state index < -0.39 is 0 Å². The van der Waals surface area contributed by atoms with Gasteiger partial charge in [0.25, 0.3) is 11.8 Å². The number of rotatable bonds is 9. The first-order valence-electron chi connectivity index (χ1n) is 13.4. The topological polar surface area (TPSA) is 116 Å². The zero-order valence-electron chi connectivity index (χ0n) is 22.5. The maximum Gasteiger partial charge on any atom is 0.310 e. The number of hydrogen-bond acceptors (Lipinski definition) is 8. The molecule has 2 aliphatic heterocycles. The molecule has 1 saturated heterocycles. The summed E-state index contributed by atoms with van der Waals surface area (Å²) in [6.07, 6.45) is 1.36. The maximum absolute atomic E-state index is 13.1. The number of anilines is 1. The van der Waals surface area contributed by atoms with Gasteiger partial charge in [0.05, 0.1) is 24.8 Å². The van der Waals surface area contributed by atoms with Crippen molar-refractivity contribution >= 4 is 40.9 Å². The number of Topliss-reactive ketones (excluding diaryl/α,β-unsaturated/α-hetero) is 1. The van der Waals surface area contributed by atoms with Crippen LogP contribution in [0, 0.1) is 5.92 Å². The molecule has 3 aromatic rings. The van der Waals surface area contributed by atoms with Gasteiger partial charge in [-0.15, -0.1) is 0 Å². The van der Waals surface area contributed by atoms with Gasteiger partial charge in [-0.05, 0) is 74.4 Å². The highest BCUT2D eigenvalue weighted by molar-refractivity contribution is 6.30. The zero-order chi connectivity index (χ0) is 28.9. The molecule has 0 saturated carbocycles. The van der Waals surface area contributed by atoms with Crippen LogP contribution in [0.2, 0.25) is 5.02 Å². The van der Waals surface area contributed by atoms with Gasteiger partial charge in [-0.25, -0.2) is 0 Å². The molecular formula is C30H29ClN2O8. The van der Waals surface area contributed by atoms with Crippen molar-refractivity contribution in [2.75, 3.05) is 37.8 Å². The third kappa shape index (κ3) is 6.54. The quantitative estimate of drug-likeness (QED) is 0.268. The second kappa shape index (κ2) is 12.5. The first-order valence-corrected chi connectivity index (χ1v) is 13.7. The number of likely N-dealkylation sites (tertiary alicyclic amines) is 1. The van der Waals surface area contributed by atoms with Crippen molar-refractivity contribution in [2.24, 2.45) is 5.92 Å². The van der Waals surface area contributed by atoms with E-state index >= 15 is 0 Å².